The van der Waals surface area contributed by atoms with Crippen LogP contribution in [0.4, 0.5) is 0 Å². The quantitative estimate of drug-likeness (QED) is 0.589. The van der Waals surface area contributed by atoms with Crippen molar-refractivity contribution in [1.82, 2.24) is 0 Å². The highest BCUT2D eigenvalue weighted by atomic mass is 16.6. The summed E-state index contributed by atoms with van der Waals surface area (Å²) in [5.74, 6) is 0.127. The number of carbonyl (C=O) groups excluding carboxylic acids is 3. The topological polar surface area (TPSA) is 63.9 Å². The summed E-state index contributed by atoms with van der Waals surface area (Å²) in [5.41, 5.74) is -1.15. The Kier molecular flexibility index (Phi) is 6.14. The zero-order valence-corrected chi connectivity index (χ0v) is 15.3. The number of ketones is 1. The van der Waals surface area contributed by atoms with Gasteiger partial charge >= 0.3 is 23.8 Å². The number of hydrogen-bond donors (Lipinski definition) is 0. The zero-order chi connectivity index (χ0) is 17.8. The first-order chi connectivity index (χ1) is 10.5. The Morgan fingerprint density at radius 3 is 2.39 bits per heavy atom. The lowest BCUT2D eigenvalue weighted by Crippen LogP contribution is -2.37. The van der Waals surface area contributed by atoms with Crippen LogP contribution in [-0.4, -0.2) is 36.5 Å². The van der Waals surface area contributed by atoms with Gasteiger partial charge in [0, 0.05) is 13.0 Å². The fourth-order valence-corrected chi connectivity index (χ4v) is 2.48. The Hall–Kier alpha value is -1.65. The highest BCUT2D eigenvalue weighted by molar-refractivity contribution is 5.92. The molecule has 0 aromatic heterocycles. The molecule has 0 aliphatic heterocycles. The van der Waals surface area contributed by atoms with E-state index in [1.165, 1.54) is 7.11 Å². The third kappa shape index (κ3) is 5.48. The van der Waals surface area contributed by atoms with E-state index in [1.54, 1.807) is 6.92 Å². The number of carbonyl (C=O) groups is 2. The van der Waals surface area contributed by atoms with Gasteiger partial charge in [0.2, 0.25) is 0 Å². The average Bonchev–Trinajstić information content (AvgIpc) is 2.44. The van der Waals surface area contributed by atoms with Crippen molar-refractivity contribution in [3.05, 3.63) is 12.2 Å². The van der Waals surface area contributed by atoms with Crippen LogP contribution < -0.4 is 0 Å². The number of methoxy groups -OCH3 is 1. The molecule has 130 valence electrons. The minimum atomic E-state index is -0.686. The van der Waals surface area contributed by atoms with Gasteiger partial charge in [-0.1, -0.05) is 6.08 Å². The van der Waals surface area contributed by atoms with E-state index in [9.17, 15) is 9.59 Å². The number of hydrogen-bond acceptors (Lipinski definition) is 4. The first-order valence-corrected chi connectivity index (χ1v) is 7.97. The summed E-state index contributed by atoms with van der Waals surface area (Å²) in [6.07, 6.45) is 4.51. The van der Waals surface area contributed by atoms with Gasteiger partial charge in [0.25, 0.3) is 0 Å². The standard InChI is InChI=1S/C18H29O5/c1-12(15(19)23-17(2,3)4)22-14-10-8-9-13(11-14)18(5,6)16(20)21-7/h8,10,12-13H,9,11H2,1-7H3/q+1/t12-,13-/m1/s1. The summed E-state index contributed by atoms with van der Waals surface area (Å²) in [6, 6.07) is 0. The van der Waals surface area contributed by atoms with Gasteiger partial charge < -0.3 is 9.47 Å². The molecule has 1 rings (SSSR count). The van der Waals surface area contributed by atoms with Crippen LogP contribution in [0.3, 0.4) is 0 Å². The molecule has 0 saturated carbocycles. The molecular weight excluding hydrogens is 296 g/mol. The van der Waals surface area contributed by atoms with E-state index in [-0.39, 0.29) is 11.9 Å². The molecule has 0 amide bonds. The molecule has 23 heavy (non-hydrogen) atoms. The molecule has 0 aromatic rings. The van der Waals surface area contributed by atoms with Crippen LogP contribution in [-0.2, 0) is 23.5 Å². The SMILES string of the molecule is COC(=O)C(C)(C)[C@@H]1CC=CC(=[O+][C@H](C)C(=O)OC(C)(C)C)C1. The van der Waals surface area contributed by atoms with Gasteiger partial charge in [-0.05, 0) is 47.0 Å². The maximum Gasteiger partial charge on any atom is 0.407 e. The summed E-state index contributed by atoms with van der Waals surface area (Å²) in [5, 5.41) is 0. The second-order valence-electron chi connectivity index (χ2n) is 7.51. The smallest absolute Gasteiger partial charge is 0.407 e. The highest BCUT2D eigenvalue weighted by Gasteiger charge is 2.41. The minimum absolute atomic E-state index is 0.0702. The number of rotatable bonds is 4. The minimum Gasteiger partial charge on any atom is -0.469 e. The van der Waals surface area contributed by atoms with Crippen LogP contribution in [0, 0.1) is 11.3 Å². The molecule has 1 aliphatic carbocycles. The van der Waals surface area contributed by atoms with E-state index in [0.717, 1.165) is 6.42 Å². The van der Waals surface area contributed by atoms with Crippen molar-refractivity contribution in [1.29, 1.82) is 0 Å². The van der Waals surface area contributed by atoms with Gasteiger partial charge in [0.15, 0.2) is 0 Å². The second kappa shape index (κ2) is 7.28. The average molecular weight is 325 g/mol. The van der Waals surface area contributed by atoms with Crippen molar-refractivity contribution in [2.24, 2.45) is 11.3 Å². The lowest BCUT2D eigenvalue weighted by atomic mass is 9.72. The van der Waals surface area contributed by atoms with Gasteiger partial charge in [-0.15, -0.1) is 0 Å². The Bertz CT molecular complexity index is 508. The summed E-state index contributed by atoms with van der Waals surface area (Å²) >= 11 is 0. The molecule has 0 N–H and O–H groups in total. The molecular formula is C18H29O5+. The highest BCUT2D eigenvalue weighted by Crippen LogP contribution is 2.36. The summed E-state index contributed by atoms with van der Waals surface area (Å²) in [7, 11) is 1.40. The Labute approximate surface area is 138 Å². The van der Waals surface area contributed by atoms with Gasteiger partial charge in [0.1, 0.15) is 5.60 Å². The van der Waals surface area contributed by atoms with E-state index < -0.39 is 23.1 Å². The molecule has 1 aliphatic rings. The van der Waals surface area contributed by atoms with Crippen molar-refractivity contribution < 1.29 is 23.5 Å². The lowest BCUT2D eigenvalue weighted by Gasteiger charge is -2.30. The lowest BCUT2D eigenvalue weighted by molar-refractivity contribution is -0.487. The maximum atomic E-state index is 12.0. The molecule has 0 spiro atoms. The fraction of sp³-hybridized carbons (Fsp3) is 0.722. The number of allylic oxidation sites excluding steroid dienone is 2. The Balaban J connectivity index is 2.82. The van der Waals surface area contributed by atoms with Crippen LogP contribution >= 0.6 is 0 Å². The zero-order valence-electron chi connectivity index (χ0n) is 15.3. The van der Waals surface area contributed by atoms with Gasteiger partial charge in [-0.3, -0.25) is 4.79 Å². The van der Waals surface area contributed by atoms with Crippen molar-refractivity contribution in [2.45, 2.75) is 66.1 Å². The number of esters is 2. The molecule has 0 bridgehead atoms. The van der Waals surface area contributed by atoms with Crippen molar-refractivity contribution in [3.63, 3.8) is 0 Å². The monoisotopic (exact) mass is 325 g/mol. The van der Waals surface area contributed by atoms with Crippen molar-refractivity contribution in [2.75, 3.05) is 7.11 Å². The van der Waals surface area contributed by atoms with Crippen molar-refractivity contribution >= 4 is 17.7 Å². The van der Waals surface area contributed by atoms with E-state index in [1.807, 2.05) is 46.8 Å². The normalized spacial score (nSPS) is 21.9. The largest absolute Gasteiger partial charge is 0.469 e. The molecule has 5 nitrogen and oxygen atoms in total. The molecule has 0 unspecified atom stereocenters. The van der Waals surface area contributed by atoms with Crippen LogP contribution in [0.2, 0.25) is 0 Å². The van der Waals surface area contributed by atoms with Crippen LogP contribution in [0.5, 0.6) is 0 Å². The Morgan fingerprint density at radius 1 is 1.26 bits per heavy atom. The van der Waals surface area contributed by atoms with E-state index >= 15 is 0 Å². The van der Waals surface area contributed by atoms with Gasteiger partial charge in [0.05, 0.1) is 18.9 Å². The molecule has 0 radical (unpaired) electrons. The van der Waals surface area contributed by atoms with Crippen LogP contribution in [0.15, 0.2) is 12.2 Å². The molecule has 0 fully saturated rings. The maximum absolute atomic E-state index is 12.0. The third-order valence-electron chi connectivity index (χ3n) is 3.97. The molecule has 5 heteroatoms. The van der Waals surface area contributed by atoms with Gasteiger partial charge in [-0.25, -0.2) is 9.22 Å². The third-order valence-corrected chi connectivity index (χ3v) is 3.97. The fourth-order valence-electron chi connectivity index (χ4n) is 2.48. The van der Waals surface area contributed by atoms with E-state index in [4.69, 9.17) is 13.9 Å². The molecule has 0 heterocycles. The molecule has 0 aromatic carbocycles. The molecule has 0 saturated heterocycles. The Morgan fingerprint density at radius 2 is 1.87 bits per heavy atom. The summed E-state index contributed by atoms with van der Waals surface area (Å²) in [4.78, 5) is 24.0. The van der Waals surface area contributed by atoms with Crippen LogP contribution in [0.25, 0.3) is 0 Å². The predicted molar refractivity (Wildman–Crippen MR) is 88.0 cm³/mol. The van der Waals surface area contributed by atoms with Crippen molar-refractivity contribution in [3.8, 4) is 0 Å². The first kappa shape index (κ1) is 19.4. The molecule has 2 atom stereocenters. The first-order valence-electron chi connectivity index (χ1n) is 7.97. The summed E-state index contributed by atoms with van der Waals surface area (Å²) < 4.78 is 15.9. The second-order valence-corrected chi connectivity index (χ2v) is 7.51. The summed E-state index contributed by atoms with van der Waals surface area (Å²) in [6.45, 7) is 10.9. The van der Waals surface area contributed by atoms with Crippen LogP contribution in [0.1, 0.15) is 54.4 Å². The van der Waals surface area contributed by atoms with E-state index in [2.05, 4.69) is 0 Å². The van der Waals surface area contributed by atoms with E-state index in [0.29, 0.717) is 12.2 Å². The van der Waals surface area contributed by atoms with Gasteiger partial charge in [-0.2, -0.15) is 0 Å². The number of ether oxygens (including phenoxy) is 2. The predicted octanol–water partition coefficient (Wildman–Crippen LogP) is 2.99.